The maximum absolute atomic E-state index is 5.88. The monoisotopic (exact) mass is 418 g/mol. The number of ether oxygens (including phenoxy) is 2. The fourth-order valence-electron chi connectivity index (χ4n) is 5.09. The highest BCUT2D eigenvalue weighted by molar-refractivity contribution is 5.41. The molecule has 0 amide bonds. The van der Waals surface area contributed by atoms with Crippen LogP contribution in [0.15, 0.2) is 0 Å². The van der Waals surface area contributed by atoms with Crippen LogP contribution in [-0.2, 0) is 4.74 Å². The molecule has 8 nitrogen and oxygen atoms in total. The average molecular weight is 419 g/mol. The Hall–Kier alpha value is -1.67. The Bertz CT molecular complexity index is 664. The molecule has 3 saturated heterocycles. The van der Waals surface area contributed by atoms with Crippen molar-refractivity contribution in [2.45, 2.75) is 64.6 Å². The number of rotatable bonds is 5. The second-order valence-corrected chi connectivity index (χ2v) is 9.23. The molecular formula is C22H38N6O2. The Morgan fingerprint density at radius 3 is 1.97 bits per heavy atom. The van der Waals surface area contributed by atoms with Crippen LogP contribution >= 0.6 is 0 Å². The molecular weight excluding hydrogens is 380 g/mol. The van der Waals surface area contributed by atoms with E-state index in [1.807, 2.05) is 0 Å². The number of aromatic nitrogens is 3. The first-order valence-electron chi connectivity index (χ1n) is 11.8. The van der Waals surface area contributed by atoms with Crippen LogP contribution in [0.3, 0.4) is 0 Å². The number of hydrogen-bond donors (Lipinski definition) is 0. The third-order valence-electron chi connectivity index (χ3n) is 6.57. The molecule has 0 aromatic carbocycles. The van der Waals surface area contributed by atoms with Crippen LogP contribution in [0.2, 0.25) is 0 Å². The average Bonchev–Trinajstić information content (AvgIpc) is 3.03. The number of piperidine rings is 1. The van der Waals surface area contributed by atoms with Gasteiger partial charge in [0.15, 0.2) is 0 Å². The fourth-order valence-corrected chi connectivity index (χ4v) is 5.09. The molecule has 3 aliphatic heterocycles. The zero-order chi connectivity index (χ0) is 20.9. The predicted molar refractivity (Wildman–Crippen MR) is 118 cm³/mol. The molecule has 2 atom stereocenters. The Labute approximate surface area is 181 Å². The molecule has 4 heterocycles. The Kier molecular flexibility index (Phi) is 7.25. The smallest absolute Gasteiger partial charge is 0.322 e. The molecule has 30 heavy (non-hydrogen) atoms. The Balaban J connectivity index is 1.37. The van der Waals surface area contributed by atoms with Crippen molar-refractivity contribution in [3.63, 3.8) is 0 Å². The molecule has 0 N–H and O–H groups in total. The third kappa shape index (κ3) is 5.52. The van der Waals surface area contributed by atoms with Gasteiger partial charge in [0, 0.05) is 45.8 Å². The van der Waals surface area contributed by atoms with Gasteiger partial charge in [0.1, 0.15) is 0 Å². The largest absolute Gasteiger partial charge is 0.467 e. The summed E-state index contributed by atoms with van der Waals surface area (Å²) in [5.41, 5.74) is 0. The molecule has 0 aliphatic carbocycles. The minimum absolute atomic E-state index is 0.337. The lowest BCUT2D eigenvalue weighted by Gasteiger charge is -2.39. The van der Waals surface area contributed by atoms with E-state index in [9.17, 15) is 0 Å². The number of hydrogen-bond acceptors (Lipinski definition) is 8. The molecule has 2 unspecified atom stereocenters. The van der Waals surface area contributed by atoms with Gasteiger partial charge in [-0.1, -0.05) is 12.8 Å². The van der Waals surface area contributed by atoms with Crippen LogP contribution in [0.5, 0.6) is 6.01 Å². The van der Waals surface area contributed by atoms with Crippen molar-refractivity contribution in [3.8, 4) is 6.01 Å². The van der Waals surface area contributed by atoms with Gasteiger partial charge in [0.25, 0.3) is 0 Å². The van der Waals surface area contributed by atoms with E-state index >= 15 is 0 Å². The lowest BCUT2D eigenvalue weighted by Crippen LogP contribution is -2.48. The van der Waals surface area contributed by atoms with Crippen LogP contribution in [0.4, 0.5) is 11.9 Å². The summed E-state index contributed by atoms with van der Waals surface area (Å²) in [5.74, 6) is 2.28. The maximum Gasteiger partial charge on any atom is 0.322 e. The van der Waals surface area contributed by atoms with E-state index in [4.69, 9.17) is 14.5 Å². The van der Waals surface area contributed by atoms with E-state index in [0.29, 0.717) is 18.2 Å². The van der Waals surface area contributed by atoms with Crippen molar-refractivity contribution in [2.75, 3.05) is 62.7 Å². The van der Waals surface area contributed by atoms with E-state index in [1.165, 1.54) is 45.1 Å². The minimum Gasteiger partial charge on any atom is -0.467 e. The van der Waals surface area contributed by atoms with E-state index in [1.54, 1.807) is 7.11 Å². The highest BCUT2D eigenvalue weighted by atomic mass is 16.5. The fraction of sp³-hybridized carbons (Fsp3) is 0.864. The molecule has 0 spiro atoms. The van der Waals surface area contributed by atoms with Crippen molar-refractivity contribution in [1.82, 2.24) is 19.9 Å². The first-order valence-corrected chi connectivity index (χ1v) is 11.8. The zero-order valence-corrected chi connectivity index (χ0v) is 18.9. The molecule has 3 aliphatic rings. The Morgan fingerprint density at radius 2 is 1.40 bits per heavy atom. The topological polar surface area (TPSA) is 66.9 Å². The van der Waals surface area contributed by atoms with Crippen LogP contribution in [0.25, 0.3) is 0 Å². The van der Waals surface area contributed by atoms with Gasteiger partial charge < -0.3 is 19.3 Å². The van der Waals surface area contributed by atoms with Gasteiger partial charge in [0.2, 0.25) is 11.9 Å². The highest BCUT2D eigenvalue weighted by Gasteiger charge is 2.28. The number of anilines is 2. The quantitative estimate of drug-likeness (QED) is 0.723. The van der Waals surface area contributed by atoms with Gasteiger partial charge >= 0.3 is 6.01 Å². The summed E-state index contributed by atoms with van der Waals surface area (Å²) in [6.07, 6.45) is 8.01. The molecule has 8 heteroatoms. The van der Waals surface area contributed by atoms with Crippen LogP contribution in [0.1, 0.15) is 52.4 Å². The molecule has 1 aromatic rings. The first kappa shape index (κ1) is 21.6. The van der Waals surface area contributed by atoms with E-state index < -0.39 is 0 Å². The minimum atomic E-state index is 0.337. The summed E-state index contributed by atoms with van der Waals surface area (Å²) in [5, 5.41) is 0. The normalized spacial score (nSPS) is 27.2. The summed E-state index contributed by atoms with van der Waals surface area (Å²) >= 11 is 0. The van der Waals surface area contributed by atoms with Crippen LogP contribution in [0, 0.1) is 5.92 Å². The summed E-state index contributed by atoms with van der Waals surface area (Å²) in [7, 11) is 1.64. The van der Waals surface area contributed by atoms with Crippen LogP contribution < -0.4 is 14.5 Å². The summed E-state index contributed by atoms with van der Waals surface area (Å²) in [6.45, 7) is 11.7. The molecule has 0 radical (unpaired) electrons. The van der Waals surface area contributed by atoms with Crippen molar-refractivity contribution >= 4 is 11.9 Å². The molecule has 0 bridgehead atoms. The Morgan fingerprint density at radius 1 is 0.833 bits per heavy atom. The molecule has 1 aromatic heterocycles. The second kappa shape index (κ2) is 10.1. The van der Waals surface area contributed by atoms with Crippen LogP contribution in [-0.4, -0.2) is 85.0 Å². The summed E-state index contributed by atoms with van der Waals surface area (Å²) in [6, 6.07) is 0.428. The van der Waals surface area contributed by atoms with Crippen molar-refractivity contribution in [2.24, 2.45) is 5.92 Å². The molecule has 168 valence electrons. The molecule has 4 rings (SSSR count). The maximum atomic E-state index is 5.88. The van der Waals surface area contributed by atoms with Gasteiger partial charge in [-0.05, 0) is 45.4 Å². The second-order valence-electron chi connectivity index (χ2n) is 9.23. The third-order valence-corrected chi connectivity index (χ3v) is 6.57. The van der Waals surface area contributed by atoms with E-state index in [-0.39, 0.29) is 0 Å². The predicted octanol–water partition coefficient (Wildman–Crippen LogP) is 2.59. The van der Waals surface area contributed by atoms with E-state index in [0.717, 1.165) is 57.1 Å². The first-order chi connectivity index (χ1) is 14.6. The number of methoxy groups -OCH3 is 1. The lowest BCUT2D eigenvalue weighted by atomic mass is 9.96. The van der Waals surface area contributed by atoms with E-state index in [2.05, 4.69) is 38.5 Å². The van der Waals surface area contributed by atoms with Crippen molar-refractivity contribution in [3.05, 3.63) is 0 Å². The number of nitrogens with zero attached hydrogens (tertiary/aromatic N) is 6. The molecule has 3 fully saturated rings. The number of morpholine rings is 1. The highest BCUT2D eigenvalue weighted by Crippen LogP contribution is 2.26. The summed E-state index contributed by atoms with van der Waals surface area (Å²) < 4.78 is 11.3. The zero-order valence-electron chi connectivity index (χ0n) is 18.9. The lowest BCUT2D eigenvalue weighted by molar-refractivity contribution is -0.0720. The molecule has 0 saturated carbocycles. The summed E-state index contributed by atoms with van der Waals surface area (Å²) in [4.78, 5) is 21.2. The van der Waals surface area contributed by atoms with Gasteiger partial charge in [-0.2, -0.15) is 15.0 Å². The van der Waals surface area contributed by atoms with Gasteiger partial charge in [-0.25, -0.2) is 0 Å². The van der Waals surface area contributed by atoms with Gasteiger partial charge in [-0.3, -0.25) is 4.90 Å². The van der Waals surface area contributed by atoms with Gasteiger partial charge in [-0.15, -0.1) is 0 Å². The van der Waals surface area contributed by atoms with Gasteiger partial charge in [0.05, 0.1) is 19.3 Å². The van der Waals surface area contributed by atoms with Crippen molar-refractivity contribution in [1.29, 1.82) is 0 Å². The van der Waals surface area contributed by atoms with Crippen molar-refractivity contribution < 1.29 is 9.47 Å². The SMILES string of the molecule is COc1nc(N2CCCCCC2)nc(N2CCC(CN3CC(C)OC(C)C3)CC2)n1. The standard InChI is InChI=1S/C22H38N6O2/c1-17-14-26(15-18(2)30-17)16-19-8-12-28(13-9-19)21-23-20(24-22(25-21)29-3)27-10-6-4-5-7-11-27/h17-19H,4-16H2,1-3H3.